The fourth-order valence-electron chi connectivity index (χ4n) is 23.1. The topological polar surface area (TPSA) is 124 Å². The van der Waals surface area contributed by atoms with E-state index in [0.717, 1.165) is 121 Å². The van der Waals surface area contributed by atoms with Crippen LogP contribution in [-0.4, -0.2) is 61.6 Å². The van der Waals surface area contributed by atoms with Crippen molar-refractivity contribution >= 4 is 30.1 Å². The van der Waals surface area contributed by atoms with E-state index in [1.165, 1.54) is 64.4 Å². The maximum atomic E-state index is 13.0. The molecule has 1 heterocycles. The highest BCUT2D eigenvalue weighted by Crippen LogP contribution is 2.79. The Morgan fingerprint density at radius 3 is 1.34 bits per heavy atom. The van der Waals surface area contributed by atoms with Crippen LogP contribution in [-0.2, 0) is 33.4 Å². The number of hydrogen-bond donors (Lipinski definition) is 1. The maximum Gasteiger partial charge on any atom is 0.302 e. The third kappa shape index (κ3) is 8.05. The summed E-state index contributed by atoms with van der Waals surface area (Å²) in [6, 6.07) is 0. The van der Waals surface area contributed by atoms with Gasteiger partial charge in [-0.25, -0.2) is 0 Å². The number of ether oxygens (including phenoxy) is 2. The first kappa shape index (κ1) is 56.3. The summed E-state index contributed by atoms with van der Waals surface area (Å²) in [4.78, 5) is 62.7. The molecule has 0 unspecified atom stereocenters. The summed E-state index contributed by atoms with van der Waals surface area (Å²) in [6.07, 6.45) is 26.3. The Kier molecular flexibility index (Phi) is 14.8. The van der Waals surface area contributed by atoms with Gasteiger partial charge in [-0.2, -0.15) is 0 Å². The summed E-state index contributed by atoms with van der Waals surface area (Å²) < 4.78 is 10.3. The molecule has 10 saturated carbocycles. The second-order valence-corrected chi connectivity index (χ2v) is 30.2. The van der Waals surface area contributed by atoms with Gasteiger partial charge in [0, 0.05) is 54.6 Å². The zero-order valence-corrected chi connectivity index (χ0v) is 48.5. The number of Topliss-reactive ketones (excluding diaryl/α,β-unsaturated/α-hetero) is 2. The highest BCUT2D eigenvalue weighted by Gasteiger charge is 2.73. The van der Waals surface area contributed by atoms with Crippen molar-refractivity contribution < 1.29 is 38.6 Å². The van der Waals surface area contributed by atoms with E-state index >= 15 is 0 Å². The summed E-state index contributed by atoms with van der Waals surface area (Å²) in [6.45, 7) is 36.6. The molecule has 1 saturated heterocycles. The van der Waals surface area contributed by atoms with Crippen LogP contribution in [0.15, 0.2) is 24.3 Å². The molecule has 0 aromatic rings. The summed E-state index contributed by atoms with van der Waals surface area (Å²) in [5.41, 5.74) is 2.28. The first-order valence-corrected chi connectivity index (χ1v) is 30.3. The zero-order valence-electron chi connectivity index (χ0n) is 48.5. The van der Waals surface area contributed by atoms with E-state index in [2.05, 4.69) is 82.4 Å². The molecule has 11 fully saturated rings. The molecule has 1 N–H and O–H groups in total. The number of carbonyl (C=O) groups is 5. The monoisotopic (exact) mass is 1020 g/mol. The lowest BCUT2D eigenvalue weighted by Gasteiger charge is -2.72. The lowest BCUT2D eigenvalue weighted by molar-refractivity contribution is -0.231. The van der Waals surface area contributed by atoms with Crippen LogP contribution < -0.4 is 0 Å². The Balaban J connectivity index is 0.000000166. The van der Waals surface area contributed by atoms with Gasteiger partial charge in [0.05, 0.1) is 6.61 Å². The maximum absolute atomic E-state index is 13.0. The molecule has 74 heavy (non-hydrogen) atoms. The molecule has 0 aromatic heterocycles. The number of aliphatic hydroxyl groups is 1. The van der Waals surface area contributed by atoms with Gasteiger partial charge in [-0.05, 0) is 231 Å². The predicted octanol–water partition coefficient (Wildman–Crippen LogP) is 14.1. The van der Waals surface area contributed by atoms with Crippen molar-refractivity contribution in [2.45, 2.75) is 217 Å². The lowest BCUT2D eigenvalue weighted by atomic mass is 9.32. The van der Waals surface area contributed by atoms with E-state index < -0.39 is 0 Å². The molecule has 0 spiro atoms. The van der Waals surface area contributed by atoms with E-state index in [9.17, 15) is 29.1 Å². The largest absolute Gasteiger partial charge is 0.461 e. The molecule has 0 bridgehead atoms. The summed E-state index contributed by atoms with van der Waals surface area (Å²) >= 11 is 0. The highest BCUT2D eigenvalue weighted by atomic mass is 16.5. The smallest absolute Gasteiger partial charge is 0.302 e. The van der Waals surface area contributed by atoms with E-state index in [0.29, 0.717) is 58.9 Å². The standard InChI is InChI=1S/C32H48O4.C30H46O3.C4H8O/c1-20(18-36-21(2)34)22-10-15-32(19-33)17-16-30(6)23(27(22)32)8-9-25-29(5)13-12-26(35)28(3,4)24(29)11-14-31(25,30)7;1-19(17-31)20-9-14-30(18-32)16-15-28(5)21(25(20)30)7-8-23-27(4)12-11-24(33)26(2,3)22(27)10-13-29(23,28)6;1-2-4-5-3-1/h19,22-25,27H,1,8-18H2,2-7H3;18,20-23,25,31H,1,7-17H2,2-6H3;1-4H2/t22-,23+,24-,25+,27+,29-,30+,31+,32+;20-,21+,22-,23+,25+,27-,28+,29+,30+;/m00./s1. The van der Waals surface area contributed by atoms with Crippen LogP contribution in [0.25, 0.3) is 0 Å². The molecule has 11 rings (SSSR count). The molecule has 11 aliphatic rings. The van der Waals surface area contributed by atoms with Crippen LogP contribution in [0.4, 0.5) is 0 Å². The molecule has 10 aliphatic carbocycles. The number of esters is 1. The van der Waals surface area contributed by atoms with E-state index in [1.807, 2.05) is 0 Å². The molecule has 1 aliphatic heterocycles. The van der Waals surface area contributed by atoms with Gasteiger partial charge in [0.25, 0.3) is 0 Å². The van der Waals surface area contributed by atoms with Crippen LogP contribution in [0.3, 0.4) is 0 Å². The SMILES string of the molecule is C1CCOC1.C=C(CO)[C@@H]1CC[C@]2(C=O)CC[C@]3(C)[C@H](CC[C@@H]4[C@@]5(C)CCC(=O)C(C)(C)[C@@H]5CC[C@]43C)[C@@H]12.C=C(COC(C)=O)[C@@H]1CC[C@]2(C=O)CC[C@]3(C)[C@H](CC[C@@H]4[C@@]5(C)CCC(=O)C(C)(C)[C@@H]5CC[C@]43C)[C@@H]12. The molecule has 0 radical (unpaired) electrons. The molecule has 0 amide bonds. The summed E-state index contributed by atoms with van der Waals surface area (Å²) in [5, 5.41) is 9.96. The number of aldehydes is 2. The predicted molar refractivity (Wildman–Crippen MR) is 293 cm³/mol. The van der Waals surface area contributed by atoms with Crippen molar-refractivity contribution in [1.82, 2.24) is 0 Å². The highest BCUT2D eigenvalue weighted by molar-refractivity contribution is 5.86. The van der Waals surface area contributed by atoms with E-state index in [1.54, 1.807) is 0 Å². The van der Waals surface area contributed by atoms with Crippen LogP contribution in [0, 0.1) is 113 Å². The van der Waals surface area contributed by atoms with Gasteiger partial charge in [0.1, 0.15) is 30.7 Å². The minimum Gasteiger partial charge on any atom is -0.461 e. The Morgan fingerprint density at radius 1 is 0.554 bits per heavy atom. The van der Waals surface area contributed by atoms with Crippen molar-refractivity contribution in [3.8, 4) is 0 Å². The average Bonchev–Trinajstić information content (AvgIpc) is 4.16. The molecule has 8 nitrogen and oxygen atoms in total. The van der Waals surface area contributed by atoms with Crippen molar-refractivity contribution in [3.63, 3.8) is 0 Å². The van der Waals surface area contributed by atoms with Crippen molar-refractivity contribution in [1.29, 1.82) is 0 Å². The van der Waals surface area contributed by atoms with Gasteiger partial charge in [-0.15, -0.1) is 0 Å². The number of hydrogen-bond acceptors (Lipinski definition) is 8. The normalized spacial score (nSPS) is 49.1. The first-order valence-electron chi connectivity index (χ1n) is 30.3. The van der Waals surface area contributed by atoms with Gasteiger partial charge in [0.15, 0.2) is 0 Å². The number of aliphatic hydroxyl groups excluding tert-OH is 1. The zero-order chi connectivity index (χ0) is 53.9. The number of ketones is 2. The Morgan fingerprint density at radius 2 is 0.973 bits per heavy atom. The van der Waals surface area contributed by atoms with Crippen LogP contribution in [0.2, 0.25) is 0 Å². The molecular weight excluding hydrogens is 921 g/mol. The molecular formula is C66H102O8. The fraction of sp³-hybridized carbons (Fsp3) is 0.864. The van der Waals surface area contributed by atoms with E-state index in [4.69, 9.17) is 9.47 Å². The Labute approximate surface area is 448 Å². The third-order valence-corrected chi connectivity index (χ3v) is 27.5. The molecule has 8 heteroatoms. The van der Waals surface area contributed by atoms with Crippen LogP contribution in [0.1, 0.15) is 217 Å². The third-order valence-electron chi connectivity index (χ3n) is 27.5. The summed E-state index contributed by atoms with van der Waals surface area (Å²) in [7, 11) is 0. The number of fused-ring (bicyclic) bond motifs is 14. The Hall–Kier alpha value is -2.45. The van der Waals surface area contributed by atoms with Gasteiger partial charge < -0.3 is 24.2 Å². The fourth-order valence-corrected chi connectivity index (χ4v) is 23.1. The lowest BCUT2D eigenvalue weighted by Crippen LogP contribution is -2.66. The average molecular weight is 1020 g/mol. The van der Waals surface area contributed by atoms with Gasteiger partial charge in [-0.1, -0.05) is 82.4 Å². The second-order valence-electron chi connectivity index (χ2n) is 30.2. The Bertz CT molecular complexity index is 2230. The van der Waals surface area contributed by atoms with Crippen LogP contribution >= 0.6 is 0 Å². The van der Waals surface area contributed by atoms with Crippen molar-refractivity contribution in [3.05, 3.63) is 24.3 Å². The molecule has 0 aromatic carbocycles. The van der Waals surface area contributed by atoms with Gasteiger partial charge in [-0.3, -0.25) is 14.4 Å². The van der Waals surface area contributed by atoms with Crippen molar-refractivity contribution in [2.24, 2.45) is 113 Å². The number of carbonyl (C=O) groups excluding carboxylic acids is 5. The van der Waals surface area contributed by atoms with E-state index in [-0.39, 0.29) is 85.2 Å². The van der Waals surface area contributed by atoms with Gasteiger partial charge in [0.2, 0.25) is 0 Å². The second kappa shape index (κ2) is 19.4. The minimum absolute atomic E-state index is 0.0439. The molecule has 18 atom stereocenters. The van der Waals surface area contributed by atoms with Gasteiger partial charge >= 0.3 is 5.97 Å². The quantitative estimate of drug-likeness (QED) is 0.152. The minimum atomic E-state index is -0.267. The first-order chi connectivity index (χ1) is 34.7. The molecule has 414 valence electrons. The van der Waals surface area contributed by atoms with Crippen molar-refractivity contribution in [2.75, 3.05) is 26.4 Å². The number of rotatable bonds is 7. The van der Waals surface area contributed by atoms with Crippen LogP contribution in [0.5, 0.6) is 0 Å². The summed E-state index contributed by atoms with van der Waals surface area (Å²) in [5.74, 6) is 5.03.